The van der Waals surface area contributed by atoms with E-state index in [9.17, 15) is 20.4 Å². The molecule has 4 N–H and O–H groups in total. The van der Waals surface area contributed by atoms with E-state index in [2.05, 4.69) is 40.3 Å². The summed E-state index contributed by atoms with van der Waals surface area (Å²) in [6.07, 6.45) is 13.8. The first-order valence-corrected chi connectivity index (χ1v) is 31.1. The first-order valence-electron chi connectivity index (χ1n) is 31.1. The van der Waals surface area contributed by atoms with Gasteiger partial charge in [-0.2, -0.15) is 0 Å². The Bertz CT molecular complexity index is 4180. The molecule has 0 atom stereocenters. The Morgan fingerprint density at radius 2 is 0.500 bits per heavy atom. The highest BCUT2D eigenvalue weighted by Gasteiger charge is 2.44. The van der Waals surface area contributed by atoms with Crippen molar-refractivity contribution in [1.29, 1.82) is 0 Å². The van der Waals surface area contributed by atoms with Crippen molar-refractivity contribution in [3.8, 4) is 114 Å². The van der Waals surface area contributed by atoms with Crippen LogP contribution in [0.5, 0.6) is 46.0 Å². The number of hydrogen-bond acceptors (Lipinski definition) is 24. The Hall–Kier alpha value is -11.7. The Kier molecular flexibility index (Phi) is 14.7. The number of aliphatic hydroxyl groups is 4. The number of benzene rings is 4. The second-order valence-electron chi connectivity index (χ2n) is 23.2. The molecule has 0 spiro atoms. The van der Waals surface area contributed by atoms with Gasteiger partial charge in [0.25, 0.3) is 0 Å². The molecule has 28 nitrogen and oxygen atoms in total. The predicted octanol–water partition coefficient (Wildman–Crippen LogP) is 7.54. The molecule has 0 amide bonds. The highest BCUT2D eigenvalue weighted by Crippen LogP contribution is 2.60. The molecule has 1 aliphatic carbocycles. The van der Waals surface area contributed by atoms with Crippen molar-refractivity contribution in [1.82, 2.24) is 79.9 Å². The van der Waals surface area contributed by atoms with E-state index >= 15 is 0 Å². The van der Waals surface area contributed by atoms with Crippen molar-refractivity contribution in [2.24, 2.45) is 0 Å². The fourth-order valence-electron chi connectivity index (χ4n) is 13.9. The molecule has 5 aliphatic rings. The van der Waals surface area contributed by atoms with E-state index in [1.807, 2.05) is 97.1 Å². The van der Waals surface area contributed by atoms with Crippen LogP contribution in [0.1, 0.15) is 93.9 Å². The minimum atomic E-state index is -0.839. The van der Waals surface area contributed by atoms with Crippen LogP contribution in [-0.4, -0.2) is 154 Å². The number of aliphatic hydroxyl groups excluding tert-OH is 4. The maximum atomic E-state index is 11.7. The Morgan fingerprint density at radius 1 is 0.292 bits per heavy atom. The summed E-state index contributed by atoms with van der Waals surface area (Å²) >= 11 is 0. The molecule has 0 radical (unpaired) electrons. The summed E-state index contributed by atoms with van der Waals surface area (Å²) in [5, 5.41) is 84.4. The lowest BCUT2D eigenvalue weighted by atomic mass is 9.76. The van der Waals surface area contributed by atoms with Gasteiger partial charge in [0, 0.05) is 119 Å². The lowest BCUT2D eigenvalue weighted by molar-refractivity contribution is 0.0969. The minimum absolute atomic E-state index is 0.0648. The first-order chi connectivity index (χ1) is 47.5. The molecule has 28 heteroatoms. The average Bonchev–Trinajstić information content (AvgIpc) is 0.877. The van der Waals surface area contributed by atoms with Crippen LogP contribution < -0.4 is 37.9 Å². The van der Waals surface area contributed by atoms with Gasteiger partial charge in [-0.1, -0.05) is 45.1 Å². The van der Waals surface area contributed by atoms with Gasteiger partial charge in [-0.05, 0) is 98.5 Å². The number of ether oxygens (including phenoxy) is 8. The Balaban J connectivity index is 1.03. The van der Waals surface area contributed by atoms with Crippen LogP contribution in [0.4, 0.5) is 0 Å². The van der Waals surface area contributed by atoms with E-state index in [4.69, 9.17) is 58.7 Å². The van der Waals surface area contributed by atoms with Gasteiger partial charge in [0.05, 0.1) is 47.6 Å². The van der Waals surface area contributed by atoms with E-state index in [0.29, 0.717) is 113 Å². The molecule has 8 bridgehead atoms. The van der Waals surface area contributed by atoms with Crippen LogP contribution in [0.3, 0.4) is 0 Å². The van der Waals surface area contributed by atoms with Gasteiger partial charge in [-0.3, -0.25) is 19.9 Å². The zero-order chi connectivity index (χ0) is 64.4. The quantitative estimate of drug-likeness (QED) is 0.0725. The van der Waals surface area contributed by atoms with E-state index in [1.165, 1.54) is 0 Å². The highest BCUT2D eigenvalue weighted by molar-refractivity contribution is 5.77. The zero-order valence-corrected chi connectivity index (χ0v) is 50.9. The maximum absolute atomic E-state index is 11.7. The molecule has 0 unspecified atom stereocenters. The van der Waals surface area contributed by atoms with Crippen molar-refractivity contribution in [3.63, 3.8) is 0 Å². The Morgan fingerprint density at radius 3 is 0.677 bits per heavy atom. The summed E-state index contributed by atoms with van der Waals surface area (Å²) in [5.41, 5.74) is 9.48. The SMILES string of the molecule is OCCC1c2cc3c4c(-n5cc(-c6ccccn6)nn5)c2OCOc2c1cc1c(c2-n2cc(-c5ccccn5)nn2)OCOc2c(cc5c(c2-n2cc(-c6ccccn6)nn2)OCOc2c(cc(c(c2-n2cc(-c6ccccn6)nn2)OCO4)C3CCO)C5CCO)C1CCO. The molecule has 12 heterocycles. The summed E-state index contributed by atoms with van der Waals surface area (Å²) in [7, 11) is 0. The summed E-state index contributed by atoms with van der Waals surface area (Å²) in [5.74, 6) is -1.29. The van der Waals surface area contributed by atoms with Crippen LogP contribution >= 0.6 is 0 Å². The van der Waals surface area contributed by atoms with Crippen molar-refractivity contribution in [2.45, 2.75) is 49.4 Å². The van der Waals surface area contributed by atoms with E-state index in [-0.39, 0.29) is 98.1 Å². The second-order valence-corrected chi connectivity index (χ2v) is 23.2. The maximum Gasteiger partial charge on any atom is 0.231 e. The van der Waals surface area contributed by atoms with Crippen molar-refractivity contribution >= 4 is 0 Å². The molecule has 0 fully saturated rings. The molecule has 0 saturated heterocycles. The average molecular weight is 1290 g/mol. The molecule has 96 heavy (non-hydrogen) atoms. The fraction of sp³-hybridized carbons (Fsp3) is 0.235. The third-order valence-corrected chi connectivity index (χ3v) is 18.0. The van der Waals surface area contributed by atoms with Crippen LogP contribution in [0.25, 0.3) is 68.3 Å². The van der Waals surface area contributed by atoms with E-state index in [1.54, 1.807) is 68.3 Å². The van der Waals surface area contributed by atoms with Gasteiger partial charge < -0.3 is 58.3 Å². The molecule has 4 aromatic carbocycles. The smallest absolute Gasteiger partial charge is 0.231 e. The van der Waals surface area contributed by atoms with Gasteiger partial charge in [-0.15, -0.1) is 20.4 Å². The Labute approximate surface area is 544 Å². The summed E-state index contributed by atoms with van der Waals surface area (Å²) in [6, 6.07) is 29.9. The lowest BCUT2D eigenvalue weighted by Gasteiger charge is -2.37. The number of nitrogens with zero attached hydrogens (tertiary/aromatic N) is 16. The number of aromatic nitrogens is 16. The van der Waals surface area contributed by atoms with Gasteiger partial charge >= 0.3 is 0 Å². The van der Waals surface area contributed by atoms with Crippen LogP contribution in [-0.2, 0) is 0 Å². The first kappa shape index (κ1) is 58.1. The predicted molar refractivity (Wildman–Crippen MR) is 337 cm³/mol. The number of rotatable bonds is 16. The highest BCUT2D eigenvalue weighted by atomic mass is 16.7. The third-order valence-electron chi connectivity index (χ3n) is 18.0. The van der Waals surface area contributed by atoms with E-state index < -0.39 is 50.8 Å². The molecule has 480 valence electrons. The third kappa shape index (κ3) is 9.74. The summed E-state index contributed by atoms with van der Waals surface area (Å²) in [6.45, 7) is -3.12. The van der Waals surface area contributed by atoms with Gasteiger partial charge in [0.2, 0.25) is 27.2 Å². The molecular formula is C68H56N16O12. The monoisotopic (exact) mass is 1290 g/mol. The standard InChI is InChI=1S/C68H56N16O12/c85-21-13-37-41-25-42-38(14-22-86)44-27-46-40(16-24-88)48-28-47-39(15-23-87)45-26-43(37)63-58(82-30-54(74-78-82)50-10-2-6-18-70-50)65(45)93-35-95-67(47)60(84-32-56(76-80-84)52-12-4-8-20-72-52)68(48)96-36-94-66(46)59(83-31-55(75-79-83)51-11-3-7-19-71-51)64(44)92-34-90-62(42)57(61(41)89-33-91-63)81-29-53(73-77-81)49-9-1-5-17-69-49/h1-12,17-20,25-32,37-40,85-88H,13-16,21-24,33-36H2. The van der Waals surface area contributed by atoms with Crippen molar-refractivity contribution in [2.75, 3.05) is 53.6 Å². The molecule has 4 aliphatic heterocycles. The molecule has 8 aromatic heterocycles. The van der Waals surface area contributed by atoms with Crippen LogP contribution in [0.15, 0.2) is 147 Å². The van der Waals surface area contributed by atoms with Gasteiger partial charge in [0.1, 0.15) is 22.8 Å². The molecule has 0 saturated carbocycles. The van der Waals surface area contributed by atoms with Crippen LogP contribution in [0, 0.1) is 0 Å². The molecule has 12 aromatic rings. The summed E-state index contributed by atoms with van der Waals surface area (Å²) in [4.78, 5) is 18.4. The summed E-state index contributed by atoms with van der Waals surface area (Å²) < 4.78 is 62.4. The number of hydrogen-bond donors (Lipinski definition) is 4. The largest absolute Gasteiger partial charge is 0.455 e. The van der Waals surface area contributed by atoms with Gasteiger partial charge in [-0.25, -0.2) is 18.7 Å². The van der Waals surface area contributed by atoms with Crippen molar-refractivity contribution in [3.05, 3.63) is 191 Å². The second kappa shape index (κ2) is 24.3. The normalized spacial score (nSPS) is 17.0. The van der Waals surface area contributed by atoms with Gasteiger partial charge in [0.15, 0.2) is 68.7 Å². The lowest BCUT2D eigenvalue weighted by Crippen LogP contribution is -2.26. The number of pyridine rings is 4. The van der Waals surface area contributed by atoms with Crippen LogP contribution in [0.2, 0.25) is 0 Å². The van der Waals surface area contributed by atoms with Crippen molar-refractivity contribution < 1.29 is 58.3 Å². The molecule has 17 rings (SSSR count). The fourth-order valence-corrected chi connectivity index (χ4v) is 13.9. The zero-order valence-electron chi connectivity index (χ0n) is 50.9. The molecular weight excluding hydrogens is 1230 g/mol. The van der Waals surface area contributed by atoms with E-state index in [0.717, 1.165) is 0 Å². The minimum Gasteiger partial charge on any atom is -0.455 e. The topological polar surface area (TPSA) is 329 Å².